The first-order valence-electron chi connectivity index (χ1n) is 8.14. The summed E-state index contributed by atoms with van der Waals surface area (Å²) < 4.78 is 2.94. The van der Waals surface area contributed by atoms with Crippen LogP contribution in [0.1, 0.15) is 0 Å². The molecule has 3 aromatic carbocycles. The molecule has 0 aromatic heterocycles. The van der Waals surface area contributed by atoms with E-state index in [-0.39, 0.29) is 0 Å². The maximum atomic E-state index is 5.62. The average molecular weight is 535 g/mol. The van der Waals surface area contributed by atoms with Crippen molar-refractivity contribution in [2.45, 2.75) is 0 Å². The molecule has 0 aliphatic heterocycles. The topological polar surface area (TPSA) is 24.1 Å². The third-order valence-corrected chi connectivity index (χ3v) is 21.0. The van der Waals surface area contributed by atoms with Crippen LogP contribution in [0.25, 0.3) is 0 Å². The molecule has 0 saturated carbocycles. The first kappa shape index (κ1) is 20.7. The summed E-state index contributed by atoms with van der Waals surface area (Å²) in [6.45, 7) is 0. The Morgan fingerprint density at radius 3 is 1.37 bits per heavy atom. The Balaban J connectivity index is 1.67. The van der Waals surface area contributed by atoms with Gasteiger partial charge in [-0.3, -0.25) is 0 Å². The van der Waals surface area contributed by atoms with E-state index in [1.165, 1.54) is 3.51 Å². The maximum absolute atomic E-state index is 5.62. The molecule has 0 aliphatic rings. The van der Waals surface area contributed by atoms with E-state index < -0.39 is 17.4 Å². The van der Waals surface area contributed by atoms with Gasteiger partial charge in [0.25, 0.3) is 0 Å². The summed E-state index contributed by atoms with van der Waals surface area (Å²) in [4.78, 5) is 0. The molecule has 0 heterocycles. The van der Waals surface area contributed by atoms with Crippen molar-refractivity contribution in [2.75, 3.05) is 10.6 Å². The number of thiocarbonyl (C=S) groups is 2. The van der Waals surface area contributed by atoms with Crippen LogP contribution in [-0.2, 0) is 0 Å². The predicted octanol–water partition coefficient (Wildman–Crippen LogP) is 5.64. The monoisotopic (exact) mass is 534 g/mol. The number of benzene rings is 3. The van der Waals surface area contributed by atoms with Crippen molar-refractivity contribution in [1.29, 1.82) is 0 Å². The van der Waals surface area contributed by atoms with Gasteiger partial charge in [-0.25, -0.2) is 0 Å². The second-order valence-electron chi connectivity index (χ2n) is 5.33. The van der Waals surface area contributed by atoms with Gasteiger partial charge in [-0.1, -0.05) is 0 Å². The summed E-state index contributed by atoms with van der Waals surface area (Å²) in [5.41, 5.74) is 2.02. The van der Waals surface area contributed by atoms with Gasteiger partial charge in [0.15, 0.2) is 0 Å². The van der Waals surface area contributed by atoms with Gasteiger partial charge < -0.3 is 0 Å². The van der Waals surface area contributed by atoms with Crippen LogP contribution in [0.3, 0.4) is 0 Å². The summed E-state index contributed by atoms with van der Waals surface area (Å²) in [6, 6.07) is 30.6. The van der Waals surface area contributed by atoms with E-state index in [1.807, 2.05) is 66.7 Å². The van der Waals surface area contributed by atoms with Crippen molar-refractivity contribution in [3.8, 4) is 0 Å². The molecule has 0 aliphatic carbocycles. The number of rotatable bonds is 5. The molecule has 2 nitrogen and oxygen atoms in total. The van der Waals surface area contributed by atoms with E-state index >= 15 is 0 Å². The van der Waals surface area contributed by atoms with E-state index in [1.54, 1.807) is 17.7 Å². The van der Waals surface area contributed by atoms with Crippen molar-refractivity contribution in [2.24, 2.45) is 0 Å². The Morgan fingerprint density at radius 2 is 0.963 bits per heavy atom. The summed E-state index contributed by atoms with van der Waals surface area (Å²) in [7, 11) is 3.54. The van der Waals surface area contributed by atoms with E-state index in [4.69, 9.17) is 24.4 Å². The molecule has 3 aromatic rings. The molecule has 3 rings (SSSR count). The van der Waals surface area contributed by atoms with Crippen LogP contribution < -0.4 is 14.1 Å². The van der Waals surface area contributed by atoms with Gasteiger partial charge in [0.05, 0.1) is 0 Å². The SMILES string of the molecule is S=C(Nc1ccccc1)[S][Sb]([S]C(=S)Nc1ccccc1)[c]1ccccc1. The Labute approximate surface area is 183 Å². The average Bonchev–Trinajstić information content (AvgIpc) is 2.69. The van der Waals surface area contributed by atoms with Crippen molar-refractivity contribution < 1.29 is 0 Å². The van der Waals surface area contributed by atoms with Crippen LogP contribution in [0.5, 0.6) is 0 Å². The molecule has 0 spiro atoms. The Bertz CT molecular complexity index is 821. The first-order valence-corrected chi connectivity index (χ1v) is 18.0. The fraction of sp³-hybridized carbons (Fsp3) is 0. The molecular weight excluding hydrogens is 518 g/mol. The second-order valence-corrected chi connectivity index (χ2v) is 20.4. The van der Waals surface area contributed by atoms with Crippen molar-refractivity contribution >= 4 is 83.1 Å². The first-order chi connectivity index (χ1) is 13.2. The third kappa shape index (κ3) is 7.13. The Kier molecular flexibility index (Phi) is 8.49. The van der Waals surface area contributed by atoms with Gasteiger partial charge in [0, 0.05) is 0 Å². The zero-order valence-corrected chi connectivity index (χ0v) is 20.1. The minimum atomic E-state index is -2.08. The van der Waals surface area contributed by atoms with Crippen molar-refractivity contribution in [3.05, 3.63) is 91.0 Å². The van der Waals surface area contributed by atoms with Crippen molar-refractivity contribution in [3.63, 3.8) is 0 Å². The number of anilines is 2. The van der Waals surface area contributed by atoms with E-state index in [0.29, 0.717) is 0 Å². The minimum absolute atomic E-state index is 0.795. The molecule has 0 saturated heterocycles. The molecule has 0 amide bonds. The summed E-state index contributed by atoms with van der Waals surface area (Å²) >= 11 is 9.15. The van der Waals surface area contributed by atoms with E-state index in [2.05, 4.69) is 34.9 Å². The molecule has 0 unspecified atom stereocenters. The second kappa shape index (κ2) is 11.1. The number of nitrogens with one attached hydrogen (secondary N) is 2. The molecular formula is C20H17N2S4Sb. The van der Waals surface area contributed by atoms with Crippen LogP contribution in [0.4, 0.5) is 11.4 Å². The Hall–Kier alpha value is -1.04. The summed E-state index contributed by atoms with van der Waals surface area (Å²) in [6.07, 6.45) is 0. The molecule has 2 N–H and O–H groups in total. The van der Waals surface area contributed by atoms with Crippen LogP contribution in [0, 0.1) is 0 Å². The molecule has 136 valence electrons. The normalized spacial score (nSPS) is 10.4. The summed E-state index contributed by atoms with van der Waals surface area (Å²) in [5, 5.41) is 6.66. The molecule has 27 heavy (non-hydrogen) atoms. The number of hydrogen-bond acceptors (Lipinski definition) is 4. The number of para-hydroxylation sites is 2. The molecule has 7 heteroatoms. The van der Waals surface area contributed by atoms with Crippen molar-refractivity contribution in [1.82, 2.24) is 0 Å². The molecule has 0 bridgehead atoms. The van der Waals surface area contributed by atoms with Gasteiger partial charge in [-0.2, -0.15) is 0 Å². The fourth-order valence-corrected chi connectivity index (χ4v) is 20.2. The van der Waals surface area contributed by atoms with Gasteiger partial charge in [-0.05, 0) is 0 Å². The van der Waals surface area contributed by atoms with Crippen LogP contribution in [0.15, 0.2) is 91.0 Å². The van der Waals surface area contributed by atoms with Gasteiger partial charge in [0.2, 0.25) is 0 Å². The predicted molar refractivity (Wildman–Crippen MR) is 132 cm³/mol. The third-order valence-electron chi connectivity index (χ3n) is 3.34. The van der Waals surface area contributed by atoms with Crippen LogP contribution in [-0.4, -0.2) is 26.0 Å². The van der Waals surface area contributed by atoms with Gasteiger partial charge in [0.1, 0.15) is 0 Å². The zero-order chi connectivity index (χ0) is 18.9. The standard InChI is InChI=1S/2C7H7NS2.C6H5.Sb/c2*9-7(10)8-6-4-2-1-3-5-6;1-2-4-6-5-3-1;/h2*1-5H,(H2,8,9,10);1-5H;/q;;;+2/p-2. The van der Waals surface area contributed by atoms with E-state index in [9.17, 15) is 0 Å². The van der Waals surface area contributed by atoms with Crippen LogP contribution in [0.2, 0.25) is 0 Å². The van der Waals surface area contributed by atoms with E-state index in [0.717, 1.165) is 20.0 Å². The zero-order valence-electron chi connectivity index (χ0n) is 14.2. The molecule has 0 fully saturated rings. The van der Waals surface area contributed by atoms with Crippen LogP contribution >= 0.6 is 42.1 Å². The quantitative estimate of drug-likeness (QED) is 0.324. The van der Waals surface area contributed by atoms with Gasteiger partial charge in [-0.15, -0.1) is 0 Å². The Morgan fingerprint density at radius 1 is 0.593 bits per heavy atom. The molecule has 0 atom stereocenters. The molecule has 0 radical (unpaired) electrons. The summed E-state index contributed by atoms with van der Waals surface area (Å²) in [5.74, 6) is 0. The fourth-order valence-electron chi connectivity index (χ4n) is 2.15. The van der Waals surface area contributed by atoms with Gasteiger partial charge >= 0.3 is 185 Å². The number of hydrogen-bond donors (Lipinski definition) is 2.